The molecule has 1 fully saturated rings. The Kier molecular flexibility index (Phi) is 4.92. The Balaban J connectivity index is 2.33. The third-order valence-electron chi connectivity index (χ3n) is 3.75. The summed E-state index contributed by atoms with van der Waals surface area (Å²) in [6.45, 7) is -0.513. The Hall–Kier alpha value is -1.51. The van der Waals surface area contributed by atoms with Gasteiger partial charge in [-0.25, -0.2) is 0 Å². The molecule has 0 spiro atoms. The molecule has 1 saturated heterocycles. The van der Waals surface area contributed by atoms with E-state index in [-0.39, 0.29) is 5.84 Å². The second kappa shape index (κ2) is 6.50. The zero-order chi connectivity index (χ0) is 15.6. The quantitative estimate of drug-likeness (QED) is 0.297. The van der Waals surface area contributed by atoms with E-state index in [2.05, 4.69) is 0 Å². The highest BCUT2D eigenvalue weighted by Crippen LogP contribution is 2.31. The van der Waals surface area contributed by atoms with Crippen LogP contribution in [0.15, 0.2) is 30.3 Å². The number of ether oxygens (including phenoxy) is 1. The Morgan fingerprint density at radius 3 is 2.29 bits per heavy atom. The van der Waals surface area contributed by atoms with Crippen molar-refractivity contribution in [2.75, 3.05) is 6.61 Å². The topological polar surface area (TPSA) is 140 Å². The number of aliphatic hydroxyl groups is 4. The van der Waals surface area contributed by atoms with Crippen LogP contribution in [0.25, 0.3) is 0 Å². The predicted octanol–water partition coefficient (Wildman–Crippen LogP) is -1.45. The van der Waals surface area contributed by atoms with E-state index in [1.54, 1.807) is 30.3 Å². The monoisotopic (exact) mass is 296 g/mol. The molecule has 1 unspecified atom stereocenters. The van der Waals surface area contributed by atoms with Gasteiger partial charge in [0.1, 0.15) is 36.4 Å². The Morgan fingerprint density at radius 2 is 1.76 bits per heavy atom. The first-order valence-electron chi connectivity index (χ1n) is 6.66. The summed E-state index contributed by atoms with van der Waals surface area (Å²) in [6, 6.07) is 8.78. The molecule has 21 heavy (non-hydrogen) atoms. The summed E-state index contributed by atoms with van der Waals surface area (Å²) < 4.78 is 5.48. The Labute approximate surface area is 122 Å². The number of nitrogens with two attached hydrogens (primary N) is 1. The van der Waals surface area contributed by atoms with Crippen LogP contribution in [0.2, 0.25) is 0 Å². The highest BCUT2D eigenvalue weighted by molar-refractivity contribution is 5.85. The molecule has 1 heterocycles. The maximum absolute atomic E-state index is 10.1. The maximum Gasteiger partial charge on any atom is 0.111 e. The van der Waals surface area contributed by atoms with E-state index in [1.807, 2.05) is 0 Å². The fourth-order valence-corrected chi connectivity index (χ4v) is 2.61. The lowest BCUT2D eigenvalue weighted by Gasteiger charge is -2.43. The van der Waals surface area contributed by atoms with E-state index in [0.29, 0.717) is 5.56 Å². The first-order chi connectivity index (χ1) is 9.97. The molecule has 0 aliphatic carbocycles. The molecule has 116 valence electrons. The summed E-state index contributed by atoms with van der Waals surface area (Å²) in [6.07, 6.45) is -6.37. The molecule has 0 saturated carbocycles. The van der Waals surface area contributed by atoms with E-state index in [1.165, 1.54) is 0 Å². The molecule has 7 N–H and O–H groups in total. The van der Waals surface area contributed by atoms with Crippen molar-refractivity contribution in [3.63, 3.8) is 0 Å². The number of rotatable bonds is 4. The summed E-state index contributed by atoms with van der Waals surface area (Å²) in [5.41, 5.74) is 6.26. The number of benzene rings is 1. The lowest BCUT2D eigenvalue weighted by atomic mass is 9.83. The normalized spacial score (nSPS) is 34.4. The number of hydrogen-bond donors (Lipinski definition) is 6. The number of nitrogens with one attached hydrogen (secondary N) is 1. The fourth-order valence-electron chi connectivity index (χ4n) is 2.61. The number of aliphatic hydroxyl groups excluding tert-OH is 4. The molecule has 1 aliphatic rings. The van der Waals surface area contributed by atoms with Crippen LogP contribution in [-0.2, 0) is 4.74 Å². The molecule has 0 aromatic heterocycles. The Morgan fingerprint density at radius 1 is 1.14 bits per heavy atom. The van der Waals surface area contributed by atoms with Gasteiger partial charge in [-0.2, -0.15) is 0 Å². The van der Waals surface area contributed by atoms with E-state index in [4.69, 9.17) is 15.9 Å². The van der Waals surface area contributed by atoms with Crippen LogP contribution in [0, 0.1) is 5.41 Å². The van der Waals surface area contributed by atoms with E-state index in [9.17, 15) is 20.4 Å². The minimum Gasteiger partial charge on any atom is -0.394 e. The number of hydrogen-bond acceptors (Lipinski definition) is 6. The van der Waals surface area contributed by atoms with Gasteiger partial charge in [0.25, 0.3) is 0 Å². The van der Waals surface area contributed by atoms with E-state index >= 15 is 0 Å². The summed E-state index contributed by atoms with van der Waals surface area (Å²) in [5, 5.41) is 46.7. The minimum atomic E-state index is -1.48. The van der Waals surface area contributed by atoms with Crippen molar-refractivity contribution in [1.29, 1.82) is 5.41 Å². The van der Waals surface area contributed by atoms with Gasteiger partial charge < -0.3 is 30.9 Å². The summed E-state index contributed by atoms with van der Waals surface area (Å²) in [5.74, 6) is -1.01. The van der Waals surface area contributed by atoms with E-state index in [0.717, 1.165) is 0 Å². The van der Waals surface area contributed by atoms with Crippen molar-refractivity contribution in [2.45, 2.75) is 36.4 Å². The van der Waals surface area contributed by atoms with Crippen molar-refractivity contribution in [3.8, 4) is 0 Å². The van der Waals surface area contributed by atoms with Gasteiger partial charge in [0.05, 0.1) is 12.5 Å². The molecule has 0 amide bonds. The zero-order valence-electron chi connectivity index (χ0n) is 11.3. The number of amidine groups is 1. The third kappa shape index (κ3) is 3.07. The van der Waals surface area contributed by atoms with Gasteiger partial charge in [0.2, 0.25) is 0 Å². The molecule has 7 heteroatoms. The van der Waals surface area contributed by atoms with Crippen LogP contribution in [-0.4, -0.2) is 63.4 Å². The molecule has 1 aliphatic heterocycles. The van der Waals surface area contributed by atoms with Gasteiger partial charge in [0, 0.05) is 0 Å². The first-order valence-corrected chi connectivity index (χ1v) is 6.66. The second-order valence-electron chi connectivity index (χ2n) is 5.14. The smallest absolute Gasteiger partial charge is 0.111 e. The second-order valence-corrected chi connectivity index (χ2v) is 5.14. The van der Waals surface area contributed by atoms with Gasteiger partial charge in [-0.05, 0) is 5.56 Å². The van der Waals surface area contributed by atoms with Gasteiger partial charge in [0.15, 0.2) is 0 Å². The summed E-state index contributed by atoms with van der Waals surface area (Å²) >= 11 is 0. The molecule has 2 rings (SSSR count). The van der Waals surface area contributed by atoms with Gasteiger partial charge >= 0.3 is 0 Å². The summed E-state index contributed by atoms with van der Waals surface area (Å²) in [4.78, 5) is 0. The van der Waals surface area contributed by atoms with Crippen LogP contribution in [0.1, 0.15) is 11.5 Å². The third-order valence-corrected chi connectivity index (χ3v) is 3.75. The Bertz CT molecular complexity index is 482. The van der Waals surface area contributed by atoms with Crippen molar-refractivity contribution in [2.24, 2.45) is 5.73 Å². The molecular formula is C14H20N2O5. The first kappa shape index (κ1) is 15.9. The molecule has 7 nitrogen and oxygen atoms in total. The van der Waals surface area contributed by atoms with Crippen LogP contribution in [0.5, 0.6) is 0 Å². The van der Waals surface area contributed by atoms with Gasteiger partial charge in [-0.3, -0.25) is 5.41 Å². The van der Waals surface area contributed by atoms with Gasteiger partial charge in [-0.15, -0.1) is 0 Å². The van der Waals surface area contributed by atoms with Crippen LogP contribution in [0.4, 0.5) is 0 Å². The largest absolute Gasteiger partial charge is 0.394 e. The lowest BCUT2D eigenvalue weighted by Crippen LogP contribution is -2.61. The summed E-state index contributed by atoms with van der Waals surface area (Å²) in [7, 11) is 0. The highest BCUT2D eigenvalue weighted by atomic mass is 16.5. The predicted molar refractivity (Wildman–Crippen MR) is 74.9 cm³/mol. The van der Waals surface area contributed by atoms with Gasteiger partial charge in [-0.1, -0.05) is 30.3 Å². The van der Waals surface area contributed by atoms with Crippen molar-refractivity contribution >= 4 is 5.84 Å². The fraction of sp³-hybridized carbons (Fsp3) is 0.500. The molecule has 1 aromatic rings. The SMILES string of the molecule is N=C(N)C(c1ccccc1)[C@H]1O[C@H](CO)[C@H](O)[C@H](O)[C@H]1O. The highest BCUT2D eigenvalue weighted by Gasteiger charge is 2.47. The van der Waals surface area contributed by atoms with Crippen LogP contribution in [0.3, 0.4) is 0 Å². The minimum absolute atomic E-state index is 0.231. The van der Waals surface area contributed by atoms with Crippen molar-refractivity contribution in [1.82, 2.24) is 0 Å². The average molecular weight is 296 g/mol. The van der Waals surface area contributed by atoms with Crippen LogP contribution >= 0.6 is 0 Å². The molecule has 1 aromatic carbocycles. The maximum atomic E-state index is 10.1. The molecule has 0 radical (unpaired) electrons. The van der Waals surface area contributed by atoms with Crippen molar-refractivity contribution in [3.05, 3.63) is 35.9 Å². The van der Waals surface area contributed by atoms with E-state index < -0.39 is 43.0 Å². The zero-order valence-corrected chi connectivity index (χ0v) is 11.3. The molecular weight excluding hydrogens is 276 g/mol. The average Bonchev–Trinajstić information content (AvgIpc) is 2.48. The molecule has 0 bridgehead atoms. The molecule has 6 atom stereocenters. The van der Waals surface area contributed by atoms with Crippen molar-refractivity contribution < 1.29 is 25.2 Å². The van der Waals surface area contributed by atoms with Crippen LogP contribution < -0.4 is 5.73 Å². The lowest BCUT2D eigenvalue weighted by molar-refractivity contribution is -0.230. The standard InChI is InChI=1S/C14H20N2O5/c15-14(16)9(7-4-2-1-3-5-7)13-12(20)11(19)10(18)8(6-17)21-13/h1-5,8-13,17-20H,6H2,(H3,15,16)/t8-,9?,10+,11+,12-,13-/m1/s1.